The molecule has 0 atom stereocenters. The molecule has 0 aliphatic carbocycles. The van der Waals surface area contributed by atoms with Crippen molar-refractivity contribution in [2.24, 2.45) is 0 Å². The topological polar surface area (TPSA) is 24.9 Å². The number of pyridine rings is 1. The number of rotatable bonds is 1. The summed E-state index contributed by atoms with van der Waals surface area (Å²) in [5, 5.41) is 3.27. The van der Waals surface area contributed by atoms with Gasteiger partial charge in [-0.3, -0.25) is 4.98 Å². The standard InChI is InChI=1S/C10H13FN2/c11-10-7-13-6-3-9(10)8-1-4-12-5-2-8/h3,6-8,12H,1-2,4-5H2. The molecule has 70 valence electrons. The van der Waals surface area contributed by atoms with E-state index in [0.717, 1.165) is 31.5 Å². The molecule has 1 aromatic heterocycles. The third kappa shape index (κ3) is 1.86. The normalized spacial score (nSPS) is 18.8. The van der Waals surface area contributed by atoms with Crippen LogP contribution in [0, 0.1) is 5.82 Å². The van der Waals surface area contributed by atoms with Crippen molar-refractivity contribution in [2.45, 2.75) is 18.8 Å². The fourth-order valence-electron chi connectivity index (χ4n) is 1.85. The van der Waals surface area contributed by atoms with Gasteiger partial charge >= 0.3 is 0 Å². The van der Waals surface area contributed by atoms with E-state index in [1.807, 2.05) is 0 Å². The first-order chi connectivity index (χ1) is 6.38. The van der Waals surface area contributed by atoms with Crippen LogP contribution in [0.25, 0.3) is 0 Å². The Hall–Kier alpha value is -0.960. The van der Waals surface area contributed by atoms with E-state index in [1.165, 1.54) is 6.20 Å². The van der Waals surface area contributed by atoms with Crippen LogP contribution in [0.1, 0.15) is 24.3 Å². The first-order valence-corrected chi connectivity index (χ1v) is 4.68. The number of nitrogens with zero attached hydrogens (tertiary/aromatic N) is 1. The average Bonchev–Trinajstić information content (AvgIpc) is 2.20. The zero-order valence-corrected chi connectivity index (χ0v) is 7.46. The highest BCUT2D eigenvalue weighted by Gasteiger charge is 2.17. The number of halogens is 1. The Kier molecular flexibility index (Phi) is 2.54. The van der Waals surface area contributed by atoms with Crippen molar-refractivity contribution < 1.29 is 4.39 Å². The molecule has 1 saturated heterocycles. The SMILES string of the molecule is Fc1cnccc1C1CCNCC1. The van der Waals surface area contributed by atoms with Crippen molar-refractivity contribution in [1.29, 1.82) is 0 Å². The van der Waals surface area contributed by atoms with Crippen molar-refractivity contribution in [3.8, 4) is 0 Å². The Balaban J connectivity index is 2.18. The lowest BCUT2D eigenvalue weighted by Gasteiger charge is -2.22. The van der Waals surface area contributed by atoms with E-state index < -0.39 is 0 Å². The monoisotopic (exact) mass is 180 g/mol. The molecule has 1 aliphatic heterocycles. The summed E-state index contributed by atoms with van der Waals surface area (Å²) in [7, 11) is 0. The van der Waals surface area contributed by atoms with E-state index >= 15 is 0 Å². The molecular formula is C10H13FN2. The van der Waals surface area contributed by atoms with Crippen LogP contribution in [0.4, 0.5) is 4.39 Å². The van der Waals surface area contributed by atoms with Crippen LogP contribution in [0.15, 0.2) is 18.5 Å². The minimum atomic E-state index is -0.158. The lowest BCUT2D eigenvalue weighted by Crippen LogP contribution is -2.27. The number of hydrogen-bond acceptors (Lipinski definition) is 2. The van der Waals surface area contributed by atoms with E-state index in [2.05, 4.69) is 10.3 Å². The zero-order valence-electron chi connectivity index (χ0n) is 7.46. The molecule has 0 aromatic carbocycles. The van der Waals surface area contributed by atoms with E-state index in [1.54, 1.807) is 12.3 Å². The van der Waals surface area contributed by atoms with E-state index in [-0.39, 0.29) is 5.82 Å². The molecule has 2 heterocycles. The lowest BCUT2D eigenvalue weighted by atomic mass is 9.91. The summed E-state index contributed by atoms with van der Waals surface area (Å²) in [5.74, 6) is 0.221. The summed E-state index contributed by atoms with van der Waals surface area (Å²) in [6, 6.07) is 1.80. The molecular weight excluding hydrogens is 167 g/mol. The molecule has 13 heavy (non-hydrogen) atoms. The molecule has 2 rings (SSSR count). The largest absolute Gasteiger partial charge is 0.317 e. The first-order valence-electron chi connectivity index (χ1n) is 4.68. The van der Waals surface area contributed by atoms with Crippen LogP contribution < -0.4 is 5.32 Å². The Morgan fingerprint density at radius 2 is 2.15 bits per heavy atom. The Morgan fingerprint density at radius 1 is 1.38 bits per heavy atom. The third-order valence-corrected chi connectivity index (χ3v) is 2.58. The van der Waals surface area contributed by atoms with Crippen molar-refractivity contribution in [1.82, 2.24) is 10.3 Å². The zero-order chi connectivity index (χ0) is 9.10. The van der Waals surface area contributed by atoms with Crippen molar-refractivity contribution in [3.63, 3.8) is 0 Å². The molecule has 1 fully saturated rings. The van der Waals surface area contributed by atoms with Crippen LogP contribution in [0.2, 0.25) is 0 Å². The van der Waals surface area contributed by atoms with Crippen LogP contribution in [0.5, 0.6) is 0 Å². The smallest absolute Gasteiger partial charge is 0.144 e. The van der Waals surface area contributed by atoms with Crippen molar-refractivity contribution in [2.75, 3.05) is 13.1 Å². The molecule has 1 N–H and O–H groups in total. The summed E-state index contributed by atoms with van der Waals surface area (Å²) in [6.45, 7) is 1.98. The summed E-state index contributed by atoms with van der Waals surface area (Å²) < 4.78 is 13.3. The van der Waals surface area contributed by atoms with E-state index in [9.17, 15) is 4.39 Å². The molecule has 0 spiro atoms. The van der Waals surface area contributed by atoms with Gasteiger partial charge in [0.25, 0.3) is 0 Å². The summed E-state index contributed by atoms with van der Waals surface area (Å²) in [6.07, 6.45) is 5.03. The minimum absolute atomic E-state index is 0.158. The van der Waals surface area contributed by atoms with Crippen LogP contribution in [-0.2, 0) is 0 Å². The van der Waals surface area contributed by atoms with Gasteiger partial charge in [0.2, 0.25) is 0 Å². The van der Waals surface area contributed by atoms with Crippen molar-refractivity contribution >= 4 is 0 Å². The molecule has 0 amide bonds. The van der Waals surface area contributed by atoms with Gasteiger partial charge in [-0.25, -0.2) is 4.39 Å². The van der Waals surface area contributed by atoms with Crippen LogP contribution >= 0.6 is 0 Å². The molecule has 0 bridgehead atoms. The predicted octanol–water partition coefficient (Wildman–Crippen LogP) is 1.69. The highest BCUT2D eigenvalue weighted by molar-refractivity contribution is 5.18. The number of hydrogen-bond donors (Lipinski definition) is 1. The van der Waals surface area contributed by atoms with Gasteiger partial charge in [-0.1, -0.05) is 0 Å². The van der Waals surface area contributed by atoms with Gasteiger partial charge in [0, 0.05) is 6.20 Å². The third-order valence-electron chi connectivity index (χ3n) is 2.58. The molecule has 0 radical (unpaired) electrons. The highest BCUT2D eigenvalue weighted by atomic mass is 19.1. The van der Waals surface area contributed by atoms with Gasteiger partial charge in [0.1, 0.15) is 5.82 Å². The minimum Gasteiger partial charge on any atom is -0.317 e. The Labute approximate surface area is 77.2 Å². The van der Waals surface area contributed by atoms with Gasteiger partial charge in [-0.05, 0) is 43.5 Å². The van der Waals surface area contributed by atoms with Gasteiger partial charge in [-0.2, -0.15) is 0 Å². The van der Waals surface area contributed by atoms with E-state index in [4.69, 9.17) is 0 Å². The Morgan fingerprint density at radius 3 is 2.85 bits per heavy atom. The summed E-state index contributed by atoms with van der Waals surface area (Å²) in [4.78, 5) is 3.75. The first kappa shape index (κ1) is 8.63. The molecule has 0 unspecified atom stereocenters. The Bertz CT molecular complexity index is 282. The van der Waals surface area contributed by atoms with Gasteiger partial charge < -0.3 is 5.32 Å². The molecule has 1 aromatic rings. The number of aromatic nitrogens is 1. The number of nitrogens with one attached hydrogen (secondary N) is 1. The summed E-state index contributed by atoms with van der Waals surface area (Å²) in [5.41, 5.74) is 0.830. The van der Waals surface area contributed by atoms with Crippen LogP contribution in [-0.4, -0.2) is 18.1 Å². The number of piperidine rings is 1. The van der Waals surface area contributed by atoms with Crippen LogP contribution in [0.3, 0.4) is 0 Å². The highest BCUT2D eigenvalue weighted by Crippen LogP contribution is 2.26. The predicted molar refractivity (Wildman–Crippen MR) is 49.0 cm³/mol. The second-order valence-corrected chi connectivity index (χ2v) is 3.42. The molecule has 3 heteroatoms. The lowest BCUT2D eigenvalue weighted by molar-refractivity contribution is 0.444. The average molecular weight is 180 g/mol. The fourth-order valence-corrected chi connectivity index (χ4v) is 1.85. The van der Waals surface area contributed by atoms with E-state index in [0.29, 0.717) is 5.92 Å². The van der Waals surface area contributed by atoms with Gasteiger partial charge in [-0.15, -0.1) is 0 Å². The maximum atomic E-state index is 13.3. The summed E-state index contributed by atoms with van der Waals surface area (Å²) >= 11 is 0. The fraction of sp³-hybridized carbons (Fsp3) is 0.500. The maximum absolute atomic E-state index is 13.3. The quantitative estimate of drug-likeness (QED) is 0.711. The van der Waals surface area contributed by atoms with Gasteiger partial charge in [0.15, 0.2) is 0 Å². The maximum Gasteiger partial charge on any atom is 0.144 e. The second kappa shape index (κ2) is 3.83. The second-order valence-electron chi connectivity index (χ2n) is 3.42. The van der Waals surface area contributed by atoms with Gasteiger partial charge in [0.05, 0.1) is 6.20 Å². The van der Waals surface area contributed by atoms with Crippen molar-refractivity contribution in [3.05, 3.63) is 29.8 Å². The molecule has 0 saturated carbocycles. The molecule has 2 nitrogen and oxygen atoms in total. The molecule has 1 aliphatic rings.